The van der Waals surface area contributed by atoms with Crippen LogP contribution in [0.4, 0.5) is 0 Å². The van der Waals surface area contributed by atoms with Crippen LogP contribution < -0.4 is 5.32 Å². The van der Waals surface area contributed by atoms with Gasteiger partial charge in [0.05, 0.1) is 0 Å². The maximum absolute atomic E-state index is 12.6. The van der Waals surface area contributed by atoms with E-state index < -0.39 is 0 Å². The van der Waals surface area contributed by atoms with Crippen molar-refractivity contribution in [1.29, 1.82) is 0 Å². The van der Waals surface area contributed by atoms with Crippen LogP contribution in [0.15, 0.2) is 22.7 Å². The minimum absolute atomic E-state index is 0.159. The van der Waals surface area contributed by atoms with Gasteiger partial charge in [0.25, 0.3) is 5.91 Å². The van der Waals surface area contributed by atoms with E-state index in [1.54, 1.807) is 13.1 Å². The topological polar surface area (TPSA) is 58.4 Å². The first-order valence-corrected chi connectivity index (χ1v) is 8.07. The summed E-state index contributed by atoms with van der Waals surface area (Å²) in [4.78, 5) is 19.3. The summed E-state index contributed by atoms with van der Waals surface area (Å²) >= 11 is 0. The van der Waals surface area contributed by atoms with Crippen LogP contribution in [0.25, 0.3) is 11.0 Å². The van der Waals surface area contributed by atoms with Crippen molar-refractivity contribution in [2.24, 2.45) is 5.92 Å². The Morgan fingerprint density at radius 1 is 1.48 bits per heavy atom. The molecule has 2 bridgehead atoms. The van der Waals surface area contributed by atoms with Crippen molar-refractivity contribution in [3.8, 4) is 11.8 Å². The van der Waals surface area contributed by atoms with Crippen LogP contribution in [-0.2, 0) is 0 Å². The molecule has 5 nitrogen and oxygen atoms in total. The molecule has 2 aliphatic rings. The molecular weight excluding hydrogens is 290 g/mol. The van der Waals surface area contributed by atoms with Crippen LogP contribution >= 0.6 is 0 Å². The Balaban J connectivity index is 1.58. The molecule has 5 heteroatoms. The molecule has 0 radical (unpaired) electrons. The Morgan fingerprint density at radius 3 is 3.22 bits per heavy atom. The van der Waals surface area contributed by atoms with Gasteiger partial charge in [0.15, 0.2) is 17.0 Å². The third-order valence-electron chi connectivity index (χ3n) is 4.70. The number of carbonyl (C=O) groups excluding carboxylic acids is 1. The van der Waals surface area contributed by atoms with Crippen molar-refractivity contribution >= 4 is 16.9 Å². The van der Waals surface area contributed by atoms with E-state index in [0.29, 0.717) is 23.0 Å². The van der Waals surface area contributed by atoms with Crippen molar-refractivity contribution in [2.45, 2.75) is 25.8 Å². The van der Waals surface area contributed by atoms with Crippen LogP contribution in [0.3, 0.4) is 0 Å². The molecule has 118 valence electrons. The summed E-state index contributed by atoms with van der Waals surface area (Å²) in [7, 11) is 0. The Labute approximate surface area is 135 Å². The number of pyridine rings is 1. The molecule has 0 aromatic carbocycles. The van der Waals surface area contributed by atoms with Gasteiger partial charge in [0.2, 0.25) is 0 Å². The van der Waals surface area contributed by atoms with Gasteiger partial charge >= 0.3 is 0 Å². The summed E-state index contributed by atoms with van der Waals surface area (Å²) in [6.07, 6.45) is 3.95. The molecule has 0 aliphatic carbocycles. The molecule has 2 aliphatic heterocycles. The van der Waals surface area contributed by atoms with E-state index in [9.17, 15) is 4.79 Å². The second-order valence-electron chi connectivity index (χ2n) is 6.38. The van der Waals surface area contributed by atoms with Gasteiger partial charge in [-0.05, 0) is 44.2 Å². The first-order valence-electron chi connectivity index (χ1n) is 8.07. The lowest BCUT2D eigenvalue weighted by molar-refractivity contribution is 0.0905. The van der Waals surface area contributed by atoms with E-state index in [4.69, 9.17) is 4.42 Å². The summed E-state index contributed by atoms with van der Waals surface area (Å²) < 4.78 is 5.70. The van der Waals surface area contributed by atoms with E-state index in [1.807, 2.05) is 12.1 Å². The molecule has 3 atom stereocenters. The standard InChI is InChI=1S/C18H19N3O2/c1-2-3-15-9-13-4-6-19-16(17(13)23-15)18(22)20-14-8-12-5-7-21(10-12)11-14/h4,6,9,12,14H,5,7-8,10-11H2,1H3,(H,20,22)/t12-,14-/m1/s1. The molecule has 2 saturated heterocycles. The highest BCUT2D eigenvalue weighted by Crippen LogP contribution is 2.27. The third kappa shape index (κ3) is 2.71. The van der Waals surface area contributed by atoms with E-state index in [2.05, 4.69) is 27.0 Å². The number of piperidine rings is 1. The molecule has 0 saturated carbocycles. The fourth-order valence-corrected chi connectivity index (χ4v) is 3.73. The highest BCUT2D eigenvalue weighted by molar-refractivity contribution is 6.03. The molecule has 2 aromatic rings. The Morgan fingerprint density at radius 2 is 2.39 bits per heavy atom. The van der Waals surface area contributed by atoms with Crippen molar-refractivity contribution in [3.63, 3.8) is 0 Å². The van der Waals surface area contributed by atoms with Gasteiger partial charge in [-0.3, -0.25) is 4.79 Å². The molecular formula is C18H19N3O2. The number of furan rings is 1. The monoisotopic (exact) mass is 309 g/mol. The zero-order chi connectivity index (χ0) is 15.8. The maximum atomic E-state index is 12.6. The first kappa shape index (κ1) is 14.3. The van der Waals surface area contributed by atoms with Crippen LogP contribution in [-0.4, -0.2) is 41.5 Å². The van der Waals surface area contributed by atoms with Crippen molar-refractivity contribution in [1.82, 2.24) is 15.2 Å². The summed E-state index contributed by atoms with van der Waals surface area (Å²) in [5.41, 5.74) is 0.862. The van der Waals surface area contributed by atoms with Gasteiger partial charge in [-0.15, -0.1) is 0 Å². The molecule has 2 aromatic heterocycles. The van der Waals surface area contributed by atoms with Gasteiger partial charge in [-0.1, -0.05) is 5.92 Å². The molecule has 1 N–H and O–H groups in total. The Bertz CT molecular complexity index is 803. The summed E-state index contributed by atoms with van der Waals surface area (Å²) in [5.74, 6) is 6.81. The Hall–Kier alpha value is -2.32. The van der Waals surface area contributed by atoms with E-state index in [1.165, 1.54) is 13.0 Å². The SMILES string of the molecule is CC#Cc1cc2ccnc(C(=O)N[C@@H]3C[C@H]4CCN(C4)C3)c2o1. The average Bonchev–Trinajstić information content (AvgIpc) is 3.09. The van der Waals surface area contributed by atoms with Crippen molar-refractivity contribution < 1.29 is 9.21 Å². The zero-order valence-electron chi connectivity index (χ0n) is 13.1. The lowest BCUT2D eigenvalue weighted by atomic mass is 9.97. The number of hydrogen-bond acceptors (Lipinski definition) is 4. The summed E-state index contributed by atoms with van der Waals surface area (Å²) in [5, 5.41) is 3.99. The molecule has 23 heavy (non-hydrogen) atoms. The second-order valence-corrected chi connectivity index (χ2v) is 6.38. The fraction of sp³-hybridized carbons (Fsp3) is 0.444. The van der Waals surface area contributed by atoms with Crippen LogP contribution in [0, 0.1) is 17.8 Å². The van der Waals surface area contributed by atoms with E-state index >= 15 is 0 Å². The first-order chi connectivity index (χ1) is 11.2. The maximum Gasteiger partial charge on any atom is 0.274 e. The predicted octanol–water partition coefficient (Wildman–Crippen LogP) is 2.02. The second kappa shape index (κ2) is 5.71. The molecule has 4 heterocycles. The third-order valence-corrected chi connectivity index (χ3v) is 4.70. The molecule has 4 rings (SSSR count). The number of aromatic nitrogens is 1. The number of nitrogens with one attached hydrogen (secondary N) is 1. The van der Waals surface area contributed by atoms with E-state index in [-0.39, 0.29) is 11.9 Å². The smallest absolute Gasteiger partial charge is 0.274 e. The minimum atomic E-state index is -0.159. The van der Waals surface area contributed by atoms with Gasteiger partial charge in [0, 0.05) is 36.8 Å². The van der Waals surface area contributed by atoms with Crippen molar-refractivity contribution in [2.75, 3.05) is 19.6 Å². The van der Waals surface area contributed by atoms with Crippen molar-refractivity contribution in [3.05, 3.63) is 29.8 Å². The zero-order valence-corrected chi connectivity index (χ0v) is 13.1. The van der Waals surface area contributed by atoms with Gasteiger partial charge in [-0.2, -0.15) is 0 Å². The largest absolute Gasteiger partial charge is 0.445 e. The predicted molar refractivity (Wildman–Crippen MR) is 87.0 cm³/mol. The molecule has 1 amide bonds. The molecule has 1 unspecified atom stereocenters. The molecule has 2 fully saturated rings. The number of nitrogens with zero attached hydrogens (tertiary/aromatic N) is 2. The Kier molecular flexibility index (Phi) is 3.55. The number of hydrogen-bond donors (Lipinski definition) is 1. The highest BCUT2D eigenvalue weighted by atomic mass is 16.3. The number of amides is 1. The summed E-state index contributed by atoms with van der Waals surface area (Å²) in [6.45, 7) is 5.02. The van der Waals surface area contributed by atoms with Gasteiger partial charge in [-0.25, -0.2) is 4.98 Å². The number of rotatable bonds is 2. The average molecular weight is 309 g/mol. The van der Waals surface area contributed by atoms with Crippen LogP contribution in [0.5, 0.6) is 0 Å². The number of carbonyl (C=O) groups is 1. The minimum Gasteiger partial charge on any atom is -0.445 e. The fourth-order valence-electron chi connectivity index (χ4n) is 3.73. The van der Waals surface area contributed by atoms with Crippen LogP contribution in [0.1, 0.15) is 36.0 Å². The normalized spacial score (nSPS) is 25.9. The molecule has 0 spiro atoms. The summed E-state index contributed by atoms with van der Waals surface area (Å²) in [6, 6.07) is 3.88. The lowest BCUT2D eigenvalue weighted by Gasteiger charge is -2.30. The van der Waals surface area contributed by atoms with E-state index in [0.717, 1.165) is 24.9 Å². The van der Waals surface area contributed by atoms with Gasteiger partial charge < -0.3 is 14.6 Å². The highest BCUT2D eigenvalue weighted by Gasteiger charge is 2.33. The number of fused-ring (bicyclic) bond motifs is 3. The van der Waals surface area contributed by atoms with Crippen LogP contribution in [0.2, 0.25) is 0 Å². The quantitative estimate of drug-likeness (QED) is 0.862. The van der Waals surface area contributed by atoms with Gasteiger partial charge in [0.1, 0.15) is 0 Å². The lowest BCUT2D eigenvalue weighted by Crippen LogP contribution is -2.47.